The van der Waals surface area contributed by atoms with Crippen LogP contribution in [0, 0.1) is 13.8 Å². The van der Waals surface area contributed by atoms with Crippen LogP contribution >= 0.6 is 11.8 Å². The van der Waals surface area contributed by atoms with Crippen LogP contribution in [0.25, 0.3) is 0 Å². The lowest BCUT2D eigenvalue weighted by molar-refractivity contribution is -0.137. The summed E-state index contributed by atoms with van der Waals surface area (Å²) in [5, 5.41) is 8.62. The van der Waals surface area contributed by atoms with Gasteiger partial charge in [-0.2, -0.15) is 11.8 Å². The fourth-order valence-corrected chi connectivity index (χ4v) is 2.32. The number of hydrogen-bond donors (Lipinski definition) is 2. The number of thioether (sulfide) groups is 1. The second kappa shape index (κ2) is 8.07. The highest BCUT2D eigenvalue weighted by molar-refractivity contribution is 7.99. The van der Waals surface area contributed by atoms with Gasteiger partial charge in [0.15, 0.2) is 0 Å². The summed E-state index contributed by atoms with van der Waals surface area (Å²) in [6.07, 6.45) is 0.879. The first-order valence-corrected chi connectivity index (χ1v) is 7.42. The van der Waals surface area contributed by atoms with Gasteiger partial charge in [0, 0.05) is 5.75 Å². The Labute approximate surface area is 118 Å². The predicted molar refractivity (Wildman–Crippen MR) is 79.0 cm³/mol. The molecule has 0 saturated carbocycles. The van der Waals surface area contributed by atoms with E-state index in [9.17, 15) is 4.79 Å². The molecule has 0 heterocycles. The zero-order valence-corrected chi connectivity index (χ0v) is 12.2. The molecule has 106 valence electrons. The summed E-state index contributed by atoms with van der Waals surface area (Å²) < 4.78 is 5.64. The minimum atomic E-state index is -0.945. The first-order chi connectivity index (χ1) is 9.00. The number of benzene rings is 1. The van der Waals surface area contributed by atoms with Gasteiger partial charge in [-0.05, 0) is 49.3 Å². The van der Waals surface area contributed by atoms with E-state index in [1.807, 2.05) is 18.2 Å². The lowest BCUT2D eigenvalue weighted by atomic mass is 10.1. The van der Waals surface area contributed by atoms with Gasteiger partial charge < -0.3 is 15.6 Å². The molecule has 1 atom stereocenters. The molecule has 0 aliphatic rings. The molecule has 0 radical (unpaired) electrons. The molecule has 4 nitrogen and oxygen atoms in total. The summed E-state index contributed by atoms with van der Waals surface area (Å²) in [5.41, 5.74) is 7.88. The molecule has 1 aromatic rings. The van der Waals surface area contributed by atoms with Crippen molar-refractivity contribution in [3.63, 3.8) is 0 Å². The van der Waals surface area contributed by atoms with Gasteiger partial charge >= 0.3 is 5.97 Å². The van der Waals surface area contributed by atoms with Crippen LogP contribution in [0.15, 0.2) is 18.2 Å². The molecule has 0 saturated heterocycles. The van der Waals surface area contributed by atoms with E-state index in [1.165, 1.54) is 11.1 Å². The van der Waals surface area contributed by atoms with Crippen LogP contribution in [0.5, 0.6) is 5.75 Å². The topological polar surface area (TPSA) is 72.5 Å². The standard InChI is InChI=1S/C14H21NO3S/c1-10-4-5-12(8-11(10)2)18-6-3-7-19-9-13(15)14(16)17/h4-5,8,13H,3,6-7,9,15H2,1-2H3,(H,16,17). The number of hydrogen-bond acceptors (Lipinski definition) is 4. The highest BCUT2D eigenvalue weighted by Gasteiger charge is 2.10. The molecule has 1 unspecified atom stereocenters. The SMILES string of the molecule is Cc1ccc(OCCCSCC(N)C(=O)O)cc1C. The van der Waals surface area contributed by atoms with E-state index in [-0.39, 0.29) is 0 Å². The van der Waals surface area contributed by atoms with Gasteiger partial charge in [0.25, 0.3) is 0 Å². The molecule has 1 aromatic carbocycles. The van der Waals surface area contributed by atoms with Crippen LogP contribution in [-0.4, -0.2) is 35.2 Å². The molecule has 3 N–H and O–H groups in total. The average molecular weight is 283 g/mol. The molecular weight excluding hydrogens is 262 g/mol. The van der Waals surface area contributed by atoms with Gasteiger partial charge in [-0.15, -0.1) is 0 Å². The lowest BCUT2D eigenvalue weighted by Crippen LogP contribution is -2.32. The highest BCUT2D eigenvalue weighted by Crippen LogP contribution is 2.16. The lowest BCUT2D eigenvalue weighted by Gasteiger charge is -2.09. The Balaban J connectivity index is 2.14. The first kappa shape index (κ1) is 15.9. The number of aryl methyl sites for hydroxylation is 2. The maximum absolute atomic E-state index is 10.5. The first-order valence-electron chi connectivity index (χ1n) is 6.27. The van der Waals surface area contributed by atoms with E-state index in [4.69, 9.17) is 15.6 Å². The van der Waals surface area contributed by atoms with E-state index < -0.39 is 12.0 Å². The van der Waals surface area contributed by atoms with Crippen molar-refractivity contribution in [2.75, 3.05) is 18.1 Å². The summed E-state index contributed by atoms with van der Waals surface area (Å²) in [4.78, 5) is 10.5. The Morgan fingerprint density at radius 1 is 1.42 bits per heavy atom. The van der Waals surface area contributed by atoms with Crippen molar-refractivity contribution < 1.29 is 14.6 Å². The summed E-state index contributed by atoms with van der Waals surface area (Å²) in [6, 6.07) is 5.27. The molecule has 0 aromatic heterocycles. The number of nitrogens with two attached hydrogens (primary N) is 1. The largest absolute Gasteiger partial charge is 0.494 e. The zero-order chi connectivity index (χ0) is 14.3. The number of ether oxygens (including phenoxy) is 1. The molecule has 0 aliphatic carbocycles. The van der Waals surface area contributed by atoms with Crippen molar-refractivity contribution in [2.45, 2.75) is 26.3 Å². The minimum absolute atomic E-state index is 0.443. The van der Waals surface area contributed by atoms with Crippen molar-refractivity contribution in [3.05, 3.63) is 29.3 Å². The van der Waals surface area contributed by atoms with Gasteiger partial charge in [-0.1, -0.05) is 6.07 Å². The summed E-state index contributed by atoms with van der Waals surface area (Å²) in [7, 11) is 0. The summed E-state index contributed by atoms with van der Waals surface area (Å²) >= 11 is 1.54. The fraction of sp³-hybridized carbons (Fsp3) is 0.500. The number of carbonyl (C=O) groups is 1. The van der Waals surface area contributed by atoms with E-state index in [0.717, 1.165) is 17.9 Å². The van der Waals surface area contributed by atoms with E-state index >= 15 is 0 Å². The number of carboxylic acid groups (broad SMARTS) is 1. The van der Waals surface area contributed by atoms with Crippen LogP contribution in [0.2, 0.25) is 0 Å². The van der Waals surface area contributed by atoms with Gasteiger partial charge in [0.2, 0.25) is 0 Å². The number of rotatable bonds is 8. The average Bonchev–Trinajstić information content (AvgIpc) is 2.37. The van der Waals surface area contributed by atoms with Crippen LogP contribution in [-0.2, 0) is 4.79 Å². The maximum atomic E-state index is 10.5. The number of aliphatic carboxylic acids is 1. The normalized spacial score (nSPS) is 12.2. The highest BCUT2D eigenvalue weighted by atomic mass is 32.2. The monoisotopic (exact) mass is 283 g/mol. The van der Waals surface area contributed by atoms with Crippen molar-refractivity contribution in [1.29, 1.82) is 0 Å². The van der Waals surface area contributed by atoms with Gasteiger partial charge in [0.1, 0.15) is 11.8 Å². The Morgan fingerprint density at radius 2 is 2.16 bits per heavy atom. The quantitative estimate of drug-likeness (QED) is 0.716. The fourth-order valence-electron chi connectivity index (χ4n) is 1.44. The van der Waals surface area contributed by atoms with Crippen molar-refractivity contribution in [3.8, 4) is 5.75 Å². The van der Waals surface area contributed by atoms with Crippen LogP contribution < -0.4 is 10.5 Å². The molecule has 5 heteroatoms. The van der Waals surface area contributed by atoms with Crippen molar-refractivity contribution in [2.24, 2.45) is 5.73 Å². The van der Waals surface area contributed by atoms with E-state index in [1.54, 1.807) is 11.8 Å². The molecular formula is C14H21NO3S. The smallest absolute Gasteiger partial charge is 0.321 e. The zero-order valence-electron chi connectivity index (χ0n) is 11.4. The third-order valence-corrected chi connectivity index (χ3v) is 3.97. The third kappa shape index (κ3) is 5.98. The summed E-state index contributed by atoms with van der Waals surface area (Å²) in [6.45, 7) is 4.77. The van der Waals surface area contributed by atoms with Gasteiger partial charge in [-0.3, -0.25) is 4.79 Å². The molecule has 19 heavy (non-hydrogen) atoms. The van der Waals surface area contributed by atoms with E-state index in [2.05, 4.69) is 13.8 Å². The second-order valence-corrected chi connectivity index (χ2v) is 5.62. The van der Waals surface area contributed by atoms with Crippen LogP contribution in [0.4, 0.5) is 0 Å². The molecule has 0 bridgehead atoms. The predicted octanol–water partition coefficient (Wildman–Crippen LogP) is 2.22. The molecule has 0 spiro atoms. The van der Waals surface area contributed by atoms with Crippen LogP contribution in [0.1, 0.15) is 17.5 Å². The van der Waals surface area contributed by atoms with Crippen molar-refractivity contribution in [1.82, 2.24) is 0 Å². The molecule has 0 aliphatic heterocycles. The Hall–Kier alpha value is -1.20. The van der Waals surface area contributed by atoms with Crippen LogP contribution in [0.3, 0.4) is 0 Å². The minimum Gasteiger partial charge on any atom is -0.494 e. The molecule has 1 rings (SSSR count). The Morgan fingerprint density at radius 3 is 2.79 bits per heavy atom. The van der Waals surface area contributed by atoms with E-state index in [0.29, 0.717) is 12.4 Å². The van der Waals surface area contributed by atoms with Crippen molar-refractivity contribution >= 4 is 17.7 Å². The number of carboxylic acids is 1. The van der Waals surface area contributed by atoms with Gasteiger partial charge in [-0.25, -0.2) is 0 Å². The second-order valence-electron chi connectivity index (χ2n) is 4.47. The Kier molecular flexibility index (Phi) is 6.73. The Bertz CT molecular complexity index is 423. The third-order valence-electron chi connectivity index (χ3n) is 2.79. The molecule has 0 fully saturated rings. The maximum Gasteiger partial charge on any atom is 0.321 e. The summed E-state index contributed by atoms with van der Waals surface area (Å²) in [5.74, 6) is 1.24. The van der Waals surface area contributed by atoms with Gasteiger partial charge in [0.05, 0.1) is 6.61 Å². The molecule has 0 amide bonds.